The van der Waals surface area contributed by atoms with Crippen LogP contribution in [0.15, 0.2) is 34.5 Å². The molecule has 0 fully saturated rings. The van der Waals surface area contributed by atoms with Gasteiger partial charge in [0.2, 0.25) is 0 Å². The Kier molecular flexibility index (Phi) is 2.16. The second kappa shape index (κ2) is 3.50. The third-order valence-corrected chi connectivity index (χ3v) is 1.90. The van der Waals surface area contributed by atoms with Crippen LogP contribution in [0.4, 0.5) is 21.0 Å². The summed E-state index contributed by atoms with van der Waals surface area (Å²) in [7, 11) is 0. The summed E-state index contributed by atoms with van der Waals surface area (Å²) in [4.78, 5) is 32.8. The minimum absolute atomic E-state index is 0.0780. The van der Waals surface area contributed by atoms with Gasteiger partial charge in [-0.15, -0.1) is 0 Å². The SMILES string of the molecule is O=C1N=NC(=O)N1c1cccc([N+](=O)[O-])c1. The van der Waals surface area contributed by atoms with Crippen LogP contribution < -0.4 is 4.90 Å². The maximum atomic E-state index is 11.1. The standard InChI is InChI=1S/C8H4N4O4/c13-7-9-10-8(14)11(7)5-2-1-3-6(4-5)12(15)16/h1-4H. The van der Waals surface area contributed by atoms with Crippen molar-refractivity contribution in [1.82, 2.24) is 0 Å². The summed E-state index contributed by atoms with van der Waals surface area (Å²) >= 11 is 0. The molecule has 0 radical (unpaired) electrons. The quantitative estimate of drug-likeness (QED) is 0.561. The van der Waals surface area contributed by atoms with Gasteiger partial charge in [-0.25, -0.2) is 14.5 Å². The molecule has 0 bridgehead atoms. The number of hydrogen-bond acceptors (Lipinski definition) is 4. The number of carbonyl (C=O) groups is 2. The highest BCUT2D eigenvalue weighted by atomic mass is 16.6. The van der Waals surface area contributed by atoms with Crippen LogP contribution in [0.3, 0.4) is 0 Å². The Bertz CT molecular complexity index is 507. The van der Waals surface area contributed by atoms with Crippen LogP contribution >= 0.6 is 0 Å². The molecule has 1 aliphatic rings. The summed E-state index contributed by atoms with van der Waals surface area (Å²) in [5.41, 5.74) is -0.140. The fourth-order valence-electron chi connectivity index (χ4n) is 1.22. The molecule has 1 aliphatic heterocycles. The molecule has 1 aromatic carbocycles. The highest BCUT2D eigenvalue weighted by Gasteiger charge is 2.29. The Hall–Kier alpha value is -2.64. The highest BCUT2D eigenvalue weighted by molar-refractivity contribution is 6.17. The largest absolute Gasteiger partial charge is 0.375 e. The number of nitro benzene ring substituents is 1. The zero-order valence-electron chi connectivity index (χ0n) is 7.73. The van der Waals surface area contributed by atoms with Gasteiger partial charge in [-0.3, -0.25) is 10.1 Å². The number of hydrogen-bond donors (Lipinski definition) is 0. The molecule has 1 aromatic rings. The first-order valence-electron chi connectivity index (χ1n) is 4.14. The molecule has 0 saturated heterocycles. The van der Waals surface area contributed by atoms with Crippen molar-refractivity contribution in [2.24, 2.45) is 10.2 Å². The van der Waals surface area contributed by atoms with E-state index < -0.39 is 17.0 Å². The molecule has 0 aromatic heterocycles. The van der Waals surface area contributed by atoms with Gasteiger partial charge in [0, 0.05) is 12.1 Å². The third kappa shape index (κ3) is 1.52. The number of amides is 4. The zero-order valence-corrected chi connectivity index (χ0v) is 7.73. The second-order valence-electron chi connectivity index (χ2n) is 2.88. The molecule has 8 heteroatoms. The maximum Gasteiger partial charge on any atom is 0.375 e. The van der Waals surface area contributed by atoms with Gasteiger partial charge in [0.25, 0.3) is 5.69 Å². The number of urea groups is 2. The number of anilines is 1. The van der Waals surface area contributed by atoms with E-state index in [9.17, 15) is 19.7 Å². The minimum atomic E-state index is -0.856. The molecule has 0 spiro atoms. The fraction of sp³-hybridized carbons (Fsp3) is 0. The molecule has 16 heavy (non-hydrogen) atoms. The molecule has 0 aliphatic carbocycles. The first-order valence-corrected chi connectivity index (χ1v) is 4.14. The number of benzene rings is 1. The van der Waals surface area contributed by atoms with Crippen molar-refractivity contribution >= 4 is 23.4 Å². The van der Waals surface area contributed by atoms with Gasteiger partial charge in [0.05, 0.1) is 10.6 Å². The Morgan fingerprint density at radius 2 is 1.81 bits per heavy atom. The number of nitro groups is 1. The van der Waals surface area contributed by atoms with E-state index in [0.29, 0.717) is 4.90 Å². The average molecular weight is 220 g/mol. The van der Waals surface area contributed by atoms with E-state index in [1.165, 1.54) is 18.2 Å². The van der Waals surface area contributed by atoms with Gasteiger partial charge in [0.15, 0.2) is 0 Å². The van der Waals surface area contributed by atoms with E-state index in [1.807, 2.05) is 0 Å². The number of non-ortho nitro benzene ring substituents is 1. The van der Waals surface area contributed by atoms with Crippen LogP contribution in [0, 0.1) is 10.1 Å². The molecule has 80 valence electrons. The zero-order chi connectivity index (χ0) is 11.7. The number of nitrogens with zero attached hydrogens (tertiary/aromatic N) is 4. The predicted octanol–water partition coefficient (Wildman–Crippen LogP) is 2.11. The van der Waals surface area contributed by atoms with Crippen molar-refractivity contribution in [2.75, 3.05) is 4.90 Å². The van der Waals surface area contributed by atoms with E-state index >= 15 is 0 Å². The maximum absolute atomic E-state index is 11.1. The first-order chi connectivity index (χ1) is 7.59. The Labute approximate surface area is 88.3 Å². The summed E-state index contributed by atoms with van der Waals surface area (Å²) in [6.07, 6.45) is 0. The van der Waals surface area contributed by atoms with Gasteiger partial charge in [-0.2, -0.15) is 0 Å². The topological polar surface area (TPSA) is 105 Å². The van der Waals surface area contributed by atoms with E-state index in [1.54, 1.807) is 0 Å². The molecule has 4 amide bonds. The lowest BCUT2D eigenvalue weighted by atomic mass is 10.2. The number of azo groups is 1. The Morgan fingerprint density at radius 1 is 1.19 bits per heavy atom. The summed E-state index contributed by atoms with van der Waals surface area (Å²) in [6.45, 7) is 0. The Morgan fingerprint density at radius 3 is 2.38 bits per heavy atom. The average Bonchev–Trinajstić information content (AvgIpc) is 2.59. The summed E-state index contributed by atoms with van der Waals surface area (Å²) in [5, 5.41) is 16.6. The number of imide groups is 1. The molecule has 2 rings (SSSR count). The molecule has 0 N–H and O–H groups in total. The molecule has 0 unspecified atom stereocenters. The molecular weight excluding hydrogens is 216 g/mol. The van der Waals surface area contributed by atoms with Crippen LogP contribution in [0.5, 0.6) is 0 Å². The molecular formula is C8H4N4O4. The normalized spacial score (nSPS) is 14.6. The van der Waals surface area contributed by atoms with Crippen molar-refractivity contribution in [3.8, 4) is 0 Å². The number of rotatable bonds is 2. The van der Waals surface area contributed by atoms with E-state index in [0.717, 1.165) is 6.07 Å². The van der Waals surface area contributed by atoms with Crippen molar-refractivity contribution < 1.29 is 14.5 Å². The van der Waals surface area contributed by atoms with Gasteiger partial charge >= 0.3 is 12.1 Å². The number of carbonyl (C=O) groups excluding carboxylic acids is 2. The van der Waals surface area contributed by atoms with E-state index in [-0.39, 0.29) is 11.4 Å². The van der Waals surface area contributed by atoms with Crippen LogP contribution in [0.25, 0.3) is 0 Å². The van der Waals surface area contributed by atoms with Crippen molar-refractivity contribution in [3.63, 3.8) is 0 Å². The summed E-state index contributed by atoms with van der Waals surface area (Å²) < 4.78 is 0. The smallest absolute Gasteiger partial charge is 0.258 e. The predicted molar refractivity (Wildman–Crippen MR) is 51.2 cm³/mol. The van der Waals surface area contributed by atoms with E-state index in [4.69, 9.17) is 0 Å². The lowest BCUT2D eigenvalue weighted by Gasteiger charge is -2.09. The summed E-state index contributed by atoms with van der Waals surface area (Å²) in [6, 6.07) is 3.40. The second-order valence-corrected chi connectivity index (χ2v) is 2.88. The highest BCUT2D eigenvalue weighted by Crippen LogP contribution is 2.24. The van der Waals surface area contributed by atoms with Crippen LogP contribution in [-0.4, -0.2) is 17.0 Å². The summed E-state index contributed by atoms with van der Waals surface area (Å²) in [5.74, 6) is 0. The lowest BCUT2D eigenvalue weighted by molar-refractivity contribution is -0.384. The third-order valence-electron chi connectivity index (χ3n) is 1.90. The van der Waals surface area contributed by atoms with Crippen molar-refractivity contribution in [1.29, 1.82) is 0 Å². The van der Waals surface area contributed by atoms with Crippen LogP contribution in [0.2, 0.25) is 0 Å². The Balaban J connectivity index is 2.41. The molecule has 1 heterocycles. The molecule has 0 saturated carbocycles. The minimum Gasteiger partial charge on any atom is -0.258 e. The van der Waals surface area contributed by atoms with Crippen LogP contribution in [0.1, 0.15) is 0 Å². The van der Waals surface area contributed by atoms with Crippen LogP contribution in [-0.2, 0) is 0 Å². The fourth-order valence-corrected chi connectivity index (χ4v) is 1.22. The first kappa shape index (κ1) is 9.90. The monoisotopic (exact) mass is 220 g/mol. The van der Waals surface area contributed by atoms with Crippen molar-refractivity contribution in [2.45, 2.75) is 0 Å². The van der Waals surface area contributed by atoms with Crippen molar-refractivity contribution in [3.05, 3.63) is 34.4 Å². The van der Waals surface area contributed by atoms with Gasteiger partial charge in [0.1, 0.15) is 0 Å². The van der Waals surface area contributed by atoms with Gasteiger partial charge in [-0.1, -0.05) is 16.3 Å². The van der Waals surface area contributed by atoms with Gasteiger partial charge < -0.3 is 0 Å². The molecule has 0 atom stereocenters. The lowest BCUT2D eigenvalue weighted by Crippen LogP contribution is -2.27. The molecule has 8 nitrogen and oxygen atoms in total. The van der Waals surface area contributed by atoms with Gasteiger partial charge in [-0.05, 0) is 6.07 Å². The van der Waals surface area contributed by atoms with E-state index in [2.05, 4.69) is 10.2 Å².